The number of nitrogens with one attached hydrogen (secondary N) is 1. The van der Waals surface area contributed by atoms with Crippen molar-refractivity contribution in [3.63, 3.8) is 0 Å². The van der Waals surface area contributed by atoms with Crippen molar-refractivity contribution in [2.24, 2.45) is 0 Å². The first-order valence-corrected chi connectivity index (χ1v) is 5.19. The Morgan fingerprint density at radius 2 is 1.87 bits per heavy atom. The van der Waals surface area contributed by atoms with Crippen LogP contribution in [0.1, 0.15) is 24.2 Å². The minimum absolute atomic E-state index is 0.731. The molecule has 0 unspecified atom stereocenters. The highest BCUT2D eigenvalue weighted by Crippen LogP contribution is 2.08. The molecule has 80 valence electrons. The minimum atomic E-state index is 0.731. The average molecular weight is 205 g/mol. The van der Waals surface area contributed by atoms with Gasteiger partial charge < -0.3 is 14.2 Å². The van der Waals surface area contributed by atoms with Gasteiger partial charge in [0, 0.05) is 6.42 Å². The van der Waals surface area contributed by atoms with E-state index in [2.05, 4.69) is 12.2 Å². The second kappa shape index (κ2) is 4.84. The highest BCUT2D eigenvalue weighted by atomic mass is 16.3. The molecule has 0 aliphatic rings. The summed E-state index contributed by atoms with van der Waals surface area (Å²) >= 11 is 0. The molecule has 3 nitrogen and oxygen atoms in total. The summed E-state index contributed by atoms with van der Waals surface area (Å²) in [7, 11) is 0. The fraction of sp³-hybridized carbons (Fsp3) is 0.333. The molecule has 2 aromatic heterocycles. The average Bonchev–Trinajstić information content (AvgIpc) is 2.88. The predicted octanol–water partition coefficient (Wildman–Crippen LogP) is 2.72. The van der Waals surface area contributed by atoms with E-state index >= 15 is 0 Å². The molecule has 1 N–H and O–H groups in total. The first-order chi connectivity index (χ1) is 7.38. The molecule has 0 aromatic carbocycles. The number of furan rings is 2. The zero-order chi connectivity index (χ0) is 10.5. The molecule has 0 saturated heterocycles. The van der Waals surface area contributed by atoms with Crippen LogP contribution >= 0.6 is 0 Å². The van der Waals surface area contributed by atoms with E-state index in [0.29, 0.717) is 0 Å². The molecule has 0 radical (unpaired) electrons. The first-order valence-electron chi connectivity index (χ1n) is 5.19. The third-order valence-electron chi connectivity index (χ3n) is 2.24. The fourth-order valence-electron chi connectivity index (χ4n) is 1.43. The monoisotopic (exact) mass is 205 g/mol. The third kappa shape index (κ3) is 2.73. The van der Waals surface area contributed by atoms with E-state index in [-0.39, 0.29) is 0 Å². The van der Waals surface area contributed by atoms with E-state index in [9.17, 15) is 0 Å². The van der Waals surface area contributed by atoms with E-state index in [4.69, 9.17) is 8.83 Å². The standard InChI is InChI=1S/C12H15NO2/c1-2-10-5-6-12(15-10)9-13-8-11-4-3-7-14-11/h3-7,13H,2,8-9H2,1H3. The number of rotatable bonds is 5. The zero-order valence-corrected chi connectivity index (χ0v) is 8.82. The molecule has 15 heavy (non-hydrogen) atoms. The second-order valence-electron chi connectivity index (χ2n) is 3.40. The lowest BCUT2D eigenvalue weighted by molar-refractivity contribution is 0.433. The van der Waals surface area contributed by atoms with Crippen LogP contribution in [0.4, 0.5) is 0 Å². The highest BCUT2D eigenvalue weighted by Gasteiger charge is 2.00. The molecule has 0 saturated carbocycles. The van der Waals surface area contributed by atoms with Crippen molar-refractivity contribution in [3.05, 3.63) is 47.8 Å². The van der Waals surface area contributed by atoms with Gasteiger partial charge in [-0.2, -0.15) is 0 Å². The lowest BCUT2D eigenvalue weighted by atomic mass is 10.3. The van der Waals surface area contributed by atoms with Crippen LogP contribution in [0.25, 0.3) is 0 Å². The Hall–Kier alpha value is -1.48. The lowest BCUT2D eigenvalue weighted by Gasteiger charge is -1.99. The Morgan fingerprint density at radius 1 is 1.07 bits per heavy atom. The van der Waals surface area contributed by atoms with Gasteiger partial charge in [-0.1, -0.05) is 6.92 Å². The van der Waals surface area contributed by atoms with E-state index in [1.165, 1.54) is 0 Å². The molecule has 2 heterocycles. The summed E-state index contributed by atoms with van der Waals surface area (Å²) in [6, 6.07) is 7.86. The summed E-state index contributed by atoms with van der Waals surface area (Å²) in [4.78, 5) is 0. The van der Waals surface area contributed by atoms with E-state index in [1.807, 2.05) is 24.3 Å². The summed E-state index contributed by atoms with van der Waals surface area (Å²) in [5.74, 6) is 2.94. The Balaban J connectivity index is 1.78. The SMILES string of the molecule is CCc1ccc(CNCc2ccco2)o1. The minimum Gasteiger partial charge on any atom is -0.468 e. The maximum absolute atomic E-state index is 5.56. The highest BCUT2D eigenvalue weighted by molar-refractivity contribution is 5.07. The smallest absolute Gasteiger partial charge is 0.117 e. The molecule has 0 bridgehead atoms. The lowest BCUT2D eigenvalue weighted by Crippen LogP contribution is -2.11. The molecular formula is C12H15NO2. The third-order valence-corrected chi connectivity index (χ3v) is 2.24. The molecule has 2 rings (SSSR count). The molecule has 2 aromatic rings. The van der Waals surface area contributed by atoms with Gasteiger partial charge in [-0.3, -0.25) is 0 Å². The van der Waals surface area contributed by atoms with Crippen molar-refractivity contribution in [3.8, 4) is 0 Å². The largest absolute Gasteiger partial charge is 0.468 e. The van der Waals surface area contributed by atoms with Gasteiger partial charge in [0.2, 0.25) is 0 Å². The van der Waals surface area contributed by atoms with Gasteiger partial charge in [-0.15, -0.1) is 0 Å². The maximum atomic E-state index is 5.56. The first kappa shape index (κ1) is 10.1. The summed E-state index contributed by atoms with van der Waals surface area (Å²) in [6.07, 6.45) is 2.62. The van der Waals surface area contributed by atoms with Crippen molar-refractivity contribution in [1.29, 1.82) is 0 Å². The van der Waals surface area contributed by atoms with Crippen molar-refractivity contribution < 1.29 is 8.83 Å². The summed E-state index contributed by atoms with van der Waals surface area (Å²) in [5.41, 5.74) is 0. The Kier molecular flexibility index (Phi) is 3.25. The molecule has 0 aliphatic carbocycles. The topological polar surface area (TPSA) is 38.3 Å². The van der Waals surface area contributed by atoms with Crippen molar-refractivity contribution in [2.75, 3.05) is 0 Å². The van der Waals surface area contributed by atoms with Crippen LogP contribution in [0, 0.1) is 0 Å². The van der Waals surface area contributed by atoms with Gasteiger partial charge in [-0.25, -0.2) is 0 Å². The summed E-state index contributed by atoms with van der Waals surface area (Å²) < 4.78 is 10.8. The summed E-state index contributed by atoms with van der Waals surface area (Å²) in [5, 5.41) is 3.25. The molecule has 0 fully saturated rings. The molecule has 3 heteroatoms. The van der Waals surface area contributed by atoms with Gasteiger partial charge >= 0.3 is 0 Å². The quantitative estimate of drug-likeness (QED) is 0.815. The zero-order valence-electron chi connectivity index (χ0n) is 8.82. The van der Waals surface area contributed by atoms with Crippen molar-refractivity contribution >= 4 is 0 Å². The normalized spacial score (nSPS) is 10.7. The van der Waals surface area contributed by atoms with E-state index < -0.39 is 0 Å². The Labute approximate surface area is 89.1 Å². The van der Waals surface area contributed by atoms with Crippen LogP contribution in [-0.2, 0) is 19.5 Å². The van der Waals surface area contributed by atoms with Gasteiger partial charge in [0.25, 0.3) is 0 Å². The maximum Gasteiger partial charge on any atom is 0.117 e. The van der Waals surface area contributed by atoms with Crippen LogP contribution in [0.2, 0.25) is 0 Å². The van der Waals surface area contributed by atoms with E-state index in [1.54, 1.807) is 6.26 Å². The number of aryl methyl sites for hydroxylation is 1. The molecular weight excluding hydrogens is 190 g/mol. The van der Waals surface area contributed by atoms with Crippen LogP contribution in [0.5, 0.6) is 0 Å². The molecule has 0 atom stereocenters. The van der Waals surface area contributed by atoms with Gasteiger partial charge in [-0.05, 0) is 24.3 Å². The van der Waals surface area contributed by atoms with Gasteiger partial charge in [0.15, 0.2) is 0 Å². The fourth-order valence-corrected chi connectivity index (χ4v) is 1.43. The van der Waals surface area contributed by atoms with Gasteiger partial charge in [0.05, 0.1) is 19.4 Å². The van der Waals surface area contributed by atoms with Crippen LogP contribution in [-0.4, -0.2) is 0 Å². The van der Waals surface area contributed by atoms with E-state index in [0.717, 1.165) is 36.8 Å². The molecule has 0 amide bonds. The van der Waals surface area contributed by atoms with Crippen LogP contribution in [0.15, 0.2) is 39.4 Å². The van der Waals surface area contributed by atoms with Crippen LogP contribution in [0.3, 0.4) is 0 Å². The van der Waals surface area contributed by atoms with Crippen molar-refractivity contribution in [1.82, 2.24) is 5.32 Å². The molecule has 0 aliphatic heterocycles. The Morgan fingerprint density at radius 3 is 2.53 bits per heavy atom. The molecule has 0 spiro atoms. The summed E-state index contributed by atoms with van der Waals surface area (Å²) in [6.45, 7) is 3.55. The Bertz CT molecular complexity index is 389. The van der Waals surface area contributed by atoms with Crippen LogP contribution < -0.4 is 5.32 Å². The van der Waals surface area contributed by atoms with Crippen molar-refractivity contribution in [2.45, 2.75) is 26.4 Å². The van der Waals surface area contributed by atoms with Gasteiger partial charge in [0.1, 0.15) is 17.3 Å². The number of hydrogen-bond donors (Lipinski definition) is 1. The second-order valence-corrected chi connectivity index (χ2v) is 3.40. The number of hydrogen-bond acceptors (Lipinski definition) is 3. The predicted molar refractivity (Wildman–Crippen MR) is 57.3 cm³/mol.